The van der Waals surface area contributed by atoms with Crippen LogP contribution in [0.15, 0.2) is 55.1 Å². The van der Waals surface area contributed by atoms with Gasteiger partial charge in [0, 0.05) is 22.5 Å². The van der Waals surface area contributed by atoms with E-state index in [1.807, 2.05) is 18.2 Å². The van der Waals surface area contributed by atoms with E-state index in [1.54, 1.807) is 29.4 Å². The molecule has 33 heavy (non-hydrogen) atoms. The summed E-state index contributed by atoms with van der Waals surface area (Å²) in [6.07, 6.45) is 1.12. The molecule has 2 aliphatic rings. The molecule has 1 N–H and O–H groups in total. The lowest BCUT2D eigenvalue weighted by Crippen LogP contribution is -2.56. The van der Waals surface area contributed by atoms with Crippen molar-refractivity contribution in [2.24, 2.45) is 11.8 Å². The van der Waals surface area contributed by atoms with Gasteiger partial charge in [-0.3, -0.25) is 4.79 Å². The molecular weight excluding hydrogens is 455 g/mol. The van der Waals surface area contributed by atoms with Gasteiger partial charge in [0.1, 0.15) is 0 Å². The van der Waals surface area contributed by atoms with Gasteiger partial charge >= 0.3 is 6.30 Å². The number of alkyl halides is 3. The lowest BCUT2D eigenvalue weighted by molar-refractivity contribution is -0.212. The smallest absolute Gasteiger partial charge is 0.345 e. The Balaban J connectivity index is 1.37. The number of aromatic nitrogens is 4. The van der Waals surface area contributed by atoms with Gasteiger partial charge in [0.05, 0.1) is 35.5 Å². The van der Waals surface area contributed by atoms with Crippen LogP contribution in [-0.4, -0.2) is 25.7 Å². The van der Waals surface area contributed by atoms with Crippen LogP contribution in [0.4, 0.5) is 18.9 Å². The van der Waals surface area contributed by atoms with Gasteiger partial charge in [0.2, 0.25) is 5.91 Å². The number of benzene rings is 2. The van der Waals surface area contributed by atoms with Gasteiger partial charge in [-0.25, -0.2) is 4.98 Å². The van der Waals surface area contributed by atoms with Gasteiger partial charge < -0.3 is 9.88 Å². The fourth-order valence-corrected chi connectivity index (χ4v) is 4.97. The van der Waals surface area contributed by atoms with Gasteiger partial charge in [0.25, 0.3) is 0 Å². The Morgan fingerprint density at radius 1 is 1.09 bits per heavy atom. The first-order valence-electron chi connectivity index (χ1n) is 10.5. The average Bonchev–Trinajstić information content (AvgIpc) is 3.25. The molecule has 1 amide bonds. The third-order valence-electron chi connectivity index (χ3n) is 6.45. The first kappa shape index (κ1) is 20.3. The van der Waals surface area contributed by atoms with Crippen LogP contribution in [0.2, 0.25) is 5.02 Å². The Morgan fingerprint density at radius 2 is 1.91 bits per heavy atom. The van der Waals surface area contributed by atoms with Crippen LogP contribution in [-0.2, 0) is 11.1 Å². The SMILES string of the molecule is O=C1[C@@H](C2CC2)[C@@H](c2ccc(-c3cnn(C(F)(F)F)c3)cc2Cl)N1c1ccc2[nH]cnc2c1. The highest BCUT2D eigenvalue weighted by molar-refractivity contribution is 6.32. The van der Waals surface area contributed by atoms with Crippen molar-refractivity contribution in [1.29, 1.82) is 0 Å². The third kappa shape index (κ3) is 3.30. The molecule has 6 rings (SSSR count). The predicted molar refractivity (Wildman–Crippen MR) is 117 cm³/mol. The van der Waals surface area contributed by atoms with Crippen molar-refractivity contribution in [1.82, 2.24) is 19.7 Å². The van der Waals surface area contributed by atoms with Crippen molar-refractivity contribution in [2.75, 3.05) is 4.90 Å². The quantitative estimate of drug-likeness (QED) is 0.390. The number of nitrogens with zero attached hydrogens (tertiary/aromatic N) is 4. The van der Waals surface area contributed by atoms with Crippen molar-refractivity contribution >= 4 is 34.2 Å². The molecule has 0 bridgehead atoms. The molecule has 4 aromatic rings. The predicted octanol–water partition coefficient (Wildman–Crippen LogP) is 5.67. The number of H-pyrrole nitrogens is 1. The summed E-state index contributed by atoms with van der Waals surface area (Å²) in [4.78, 5) is 22.2. The molecule has 168 valence electrons. The number of amides is 1. The van der Waals surface area contributed by atoms with E-state index >= 15 is 0 Å². The molecule has 6 nitrogen and oxygen atoms in total. The zero-order chi connectivity index (χ0) is 22.9. The monoisotopic (exact) mass is 471 g/mol. The second kappa shape index (κ2) is 7.08. The number of carbonyl (C=O) groups is 1. The molecule has 2 aromatic carbocycles. The van der Waals surface area contributed by atoms with Crippen LogP contribution in [0.3, 0.4) is 0 Å². The normalized spacial score (nSPS) is 21.0. The maximum atomic E-state index is 13.1. The molecule has 10 heteroatoms. The van der Waals surface area contributed by atoms with Gasteiger partial charge in [-0.1, -0.05) is 23.7 Å². The summed E-state index contributed by atoms with van der Waals surface area (Å²) in [6.45, 7) is 0. The maximum absolute atomic E-state index is 13.1. The molecule has 1 aliphatic carbocycles. The molecule has 3 heterocycles. The summed E-state index contributed by atoms with van der Waals surface area (Å²) >= 11 is 6.65. The molecule has 0 radical (unpaired) electrons. The number of anilines is 1. The fourth-order valence-electron chi connectivity index (χ4n) is 4.67. The number of aromatic amines is 1. The molecule has 2 atom stereocenters. The lowest BCUT2D eigenvalue weighted by atomic mass is 9.78. The highest BCUT2D eigenvalue weighted by Crippen LogP contribution is 2.55. The van der Waals surface area contributed by atoms with Gasteiger partial charge in [0.15, 0.2) is 0 Å². The minimum absolute atomic E-state index is 0.0369. The van der Waals surface area contributed by atoms with Crippen LogP contribution >= 0.6 is 11.6 Å². The van der Waals surface area contributed by atoms with Gasteiger partial charge in [-0.2, -0.15) is 9.78 Å². The minimum Gasteiger partial charge on any atom is -0.345 e. The molecule has 1 saturated carbocycles. The highest BCUT2D eigenvalue weighted by atomic mass is 35.5. The van der Waals surface area contributed by atoms with Gasteiger partial charge in [-0.05, 0) is 54.2 Å². The summed E-state index contributed by atoms with van der Waals surface area (Å²) in [5.41, 5.74) is 4.00. The van der Waals surface area contributed by atoms with E-state index in [0.29, 0.717) is 22.1 Å². The van der Waals surface area contributed by atoms with Crippen LogP contribution in [0.25, 0.3) is 22.2 Å². The van der Waals surface area contributed by atoms with E-state index in [4.69, 9.17) is 11.6 Å². The largest absolute Gasteiger partial charge is 0.504 e. The zero-order valence-corrected chi connectivity index (χ0v) is 17.8. The Hall–Kier alpha value is -3.33. The van der Waals surface area contributed by atoms with Crippen LogP contribution in [0.1, 0.15) is 24.4 Å². The summed E-state index contributed by atoms with van der Waals surface area (Å²) < 4.78 is 38.6. The van der Waals surface area contributed by atoms with Crippen molar-refractivity contribution in [3.63, 3.8) is 0 Å². The van der Waals surface area contributed by atoms with Crippen molar-refractivity contribution < 1.29 is 18.0 Å². The molecule has 1 aliphatic heterocycles. The van der Waals surface area contributed by atoms with E-state index < -0.39 is 6.30 Å². The highest BCUT2D eigenvalue weighted by Gasteiger charge is 2.55. The zero-order valence-electron chi connectivity index (χ0n) is 17.1. The van der Waals surface area contributed by atoms with Crippen LogP contribution in [0.5, 0.6) is 0 Å². The average molecular weight is 472 g/mol. The molecule has 0 spiro atoms. The minimum atomic E-state index is -4.58. The Kier molecular flexibility index (Phi) is 4.35. The van der Waals surface area contributed by atoms with E-state index in [9.17, 15) is 18.0 Å². The Morgan fingerprint density at radius 3 is 2.61 bits per heavy atom. The number of β-lactam (4-membered cyclic amide) rings is 1. The third-order valence-corrected chi connectivity index (χ3v) is 6.78. The number of rotatable bonds is 4. The van der Waals surface area contributed by atoms with E-state index in [2.05, 4.69) is 15.1 Å². The number of nitrogens with one attached hydrogen (secondary N) is 1. The van der Waals surface area contributed by atoms with Crippen molar-refractivity contribution in [2.45, 2.75) is 25.2 Å². The van der Waals surface area contributed by atoms with Crippen molar-refractivity contribution in [3.8, 4) is 11.1 Å². The number of carbonyl (C=O) groups excluding carboxylic acids is 1. The Labute approximate surface area is 191 Å². The topological polar surface area (TPSA) is 66.8 Å². The summed E-state index contributed by atoms with van der Waals surface area (Å²) in [5, 5.41) is 3.80. The molecular formula is C23H17ClF3N5O. The lowest BCUT2D eigenvalue weighted by Gasteiger charge is -2.48. The van der Waals surface area contributed by atoms with E-state index in [1.165, 1.54) is 0 Å². The first-order chi connectivity index (χ1) is 15.8. The van der Waals surface area contributed by atoms with E-state index in [-0.39, 0.29) is 22.5 Å². The fraction of sp³-hybridized carbons (Fsp3) is 0.261. The maximum Gasteiger partial charge on any atom is 0.504 e. The van der Waals surface area contributed by atoms with E-state index in [0.717, 1.165) is 47.5 Å². The number of fused-ring (bicyclic) bond motifs is 1. The van der Waals surface area contributed by atoms with Crippen molar-refractivity contribution in [3.05, 3.63) is 65.7 Å². The van der Waals surface area contributed by atoms with Crippen LogP contribution in [0, 0.1) is 11.8 Å². The number of hydrogen-bond donors (Lipinski definition) is 1. The second-order valence-electron chi connectivity index (χ2n) is 8.50. The standard InChI is InChI=1S/C23H17ClF3N5O/c24-17-7-13(14-9-30-31(10-14)23(25,26)27)3-5-16(17)21-20(12-1-2-12)22(33)32(21)15-4-6-18-19(8-15)29-11-28-18/h3-12,20-21H,1-2H2,(H,28,29)/t20-,21+/m0/s1. The number of halogens is 4. The van der Waals surface area contributed by atoms with Crippen LogP contribution < -0.4 is 4.90 Å². The summed E-state index contributed by atoms with van der Waals surface area (Å²) in [5.74, 6) is 0.230. The molecule has 1 saturated heterocycles. The summed E-state index contributed by atoms with van der Waals surface area (Å²) in [7, 11) is 0. The summed E-state index contributed by atoms with van der Waals surface area (Å²) in [6, 6.07) is 10.6. The second-order valence-corrected chi connectivity index (χ2v) is 8.91. The molecule has 2 aromatic heterocycles. The first-order valence-corrected chi connectivity index (χ1v) is 10.9. The van der Waals surface area contributed by atoms with Gasteiger partial charge in [-0.15, -0.1) is 13.2 Å². The molecule has 0 unspecified atom stereocenters. The number of imidazole rings is 1. The number of hydrogen-bond acceptors (Lipinski definition) is 3. The molecule has 2 fully saturated rings. The Bertz CT molecular complexity index is 1390.